The van der Waals surface area contributed by atoms with Crippen LogP contribution in [-0.4, -0.2) is 29.7 Å². The molecular formula is C21H12N6O6. The first-order chi connectivity index (χ1) is 15.8. The van der Waals surface area contributed by atoms with Gasteiger partial charge in [-0.1, -0.05) is 0 Å². The van der Waals surface area contributed by atoms with Crippen LogP contribution in [0, 0.1) is 30.3 Å². The molecule has 0 atom stereocenters. The Labute approximate surface area is 184 Å². The molecule has 0 aliphatic rings. The standard InChI is InChI=1S/C21H12N6O6/c28-25(29)16-7-1-13(2-8-16)19-22-20(14-3-9-17(10-4-14)26(30)31)24-21(23-19)15-5-11-18(12-6-15)27(32)33/h1-12H. The largest absolute Gasteiger partial charge is 0.269 e. The molecule has 0 saturated heterocycles. The lowest BCUT2D eigenvalue weighted by Gasteiger charge is -2.08. The molecule has 12 nitrogen and oxygen atoms in total. The molecule has 0 spiro atoms. The summed E-state index contributed by atoms with van der Waals surface area (Å²) in [7, 11) is 0. The average Bonchev–Trinajstić information content (AvgIpc) is 2.84. The van der Waals surface area contributed by atoms with Gasteiger partial charge in [0.05, 0.1) is 14.8 Å². The van der Waals surface area contributed by atoms with Crippen molar-refractivity contribution < 1.29 is 14.8 Å². The highest BCUT2D eigenvalue weighted by Gasteiger charge is 2.15. The molecule has 0 amide bonds. The molecule has 0 bridgehead atoms. The SMILES string of the molecule is O=[N+]([O-])c1ccc(-c2nc(-c3ccc([N+](=O)[O-])cc3)nc(-c3ccc([N+](=O)[O-])cc3)n2)cc1. The highest BCUT2D eigenvalue weighted by Crippen LogP contribution is 2.27. The Kier molecular flexibility index (Phi) is 5.47. The minimum Gasteiger partial charge on any atom is -0.258 e. The topological polar surface area (TPSA) is 168 Å². The molecule has 162 valence electrons. The molecule has 3 aromatic carbocycles. The lowest BCUT2D eigenvalue weighted by Crippen LogP contribution is -2.00. The van der Waals surface area contributed by atoms with E-state index < -0.39 is 14.8 Å². The van der Waals surface area contributed by atoms with Crippen molar-refractivity contribution in [3.63, 3.8) is 0 Å². The molecule has 12 heteroatoms. The predicted octanol–water partition coefficient (Wildman–Crippen LogP) is 4.60. The third-order valence-electron chi connectivity index (χ3n) is 4.64. The van der Waals surface area contributed by atoms with Crippen molar-refractivity contribution in [2.45, 2.75) is 0 Å². The van der Waals surface area contributed by atoms with Crippen molar-refractivity contribution in [1.29, 1.82) is 0 Å². The Morgan fingerprint density at radius 3 is 0.818 bits per heavy atom. The Morgan fingerprint density at radius 1 is 0.424 bits per heavy atom. The Hall–Kier alpha value is -5.13. The van der Waals surface area contributed by atoms with E-state index in [-0.39, 0.29) is 34.5 Å². The maximum absolute atomic E-state index is 10.9. The molecule has 0 fully saturated rings. The van der Waals surface area contributed by atoms with Crippen LogP contribution in [0.25, 0.3) is 34.2 Å². The molecule has 0 N–H and O–H groups in total. The van der Waals surface area contributed by atoms with E-state index in [0.717, 1.165) is 0 Å². The lowest BCUT2D eigenvalue weighted by molar-refractivity contribution is -0.385. The van der Waals surface area contributed by atoms with E-state index in [9.17, 15) is 30.3 Å². The maximum Gasteiger partial charge on any atom is 0.269 e. The van der Waals surface area contributed by atoms with E-state index in [1.54, 1.807) is 0 Å². The van der Waals surface area contributed by atoms with E-state index in [1.807, 2.05) is 0 Å². The molecule has 1 heterocycles. The minimum atomic E-state index is -0.526. The van der Waals surface area contributed by atoms with E-state index in [1.165, 1.54) is 72.8 Å². The summed E-state index contributed by atoms with van der Waals surface area (Å²) in [6, 6.07) is 16.9. The number of nitro groups is 3. The van der Waals surface area contributed by atoms with Gasteiger partial charge in [-0.25, -0.2) is 15.0 Å². The molecule has 1 aromatic heterocycles. The summed E-state index contributed by atoms with van der Waals surface area (Å²) in [4.78, 5) is 44.5. The van der Waals surface area contributed by atoms with Gasteiger partial charge in [0.2, 0.25) is 0 Å². The van der Waals surface area contributed by atoms with Gasteiger partial charge in [-0.15, -0.1) is 0 Å². The molecule has 0 radical (unpaired) electrons. The van der Waals surface area contributed by atoms with Gasteiger partial charge < -0.3 is 0 Å². The summed E-state index contributed by atoms with van der Waals surface area (Å²) >= 11 is 0. The number of rotatable bonds is 6. The molecule has 0 aliphatic carbocycles. The van der Waals surface area contributed by atoms with Crippen LogP contribution < -0.4 is 0 Å². The van der Waals surface area contributed by atoms with Crippen LogP contribution in [0.15, 0.2) is 72.8 Å². The third-order valence-corrected chi connectivity index (χ3v) is 4.64. The number of non-ortho nitro benzene ring substituents is 3. The summed E-state index contributed by atoms with van der Waals surface area (Å²) < 4.78 is 0. The smallest absolute Gasteiger partial charge is 0.258 e. The molecule has 4 rings (SSSR count). The van der Waals surface area contributed by atoms with E-state index >= 15 is 0 Å². The van der Waals surface area contributed by atoms with Crippen LogP contribution in [0.4, 0.5) is 17.1 Å². The van der Waals surface area contributed by atoms with Gasteiger partial charge in [-0.2, -0.15) is 0 Å². The van der Waals surface area contributed by atoms with Gasteiger partial charge in [0.25, 0.3) is 17.1 Å². The van der Waals surface area contributed by atoms with Crippen molar-refractivity contribution in [1.82, 2.24) is 15.0 Å². The van der Waals surface area contributed by atoms with Crippen molar-refractivity contribution in [2.75, 3.05) is 0 Å². The van der Waals surface area contributed by atoms with Crippen molar-refractivity contribution in [3.8, 4) is 34.2 Å². The second kappa shape index (κ2) is 8.55. The van der Waals surface area contributed by atoms with Gasteiger partial charge >= 0.3 is 0 Å². The van der Waals surface area contributed by atoms with Gasteiger partial charge in [0.1, 0.15) is 0 Å². The number of aromatic nitrogens is 3. The quantitative estimate of drug-likeness (QED) is 0.305. The van der Waals surface area contributed by atoms with Crippen LogP contribution in [0.5, 0.6) is 0 Å². The zero-order chi connectivity index (χ0) is 23.5. The fraction of sp³-hybridized carbons (Fsp3) is 0. The highest BCUT2D eigenvalue weighted by molar-refractivity contribution is 5.67. The summed E-state index contributed by atoms with van der Waals surface area (Å²) in [5.41, 5.74) is 1.15. The molecular weight excluding hydrogens is 432 g/mol. The predicted molar refractivity (Wildman–Crippen MR) is 116 cm³/mol. The normalized spacial score (nSPS) is 10.5. The summed E-state index contributed by atoms with van der Waals surface area (Å²) in [5, 5.41) is 32.8. The summed E-state index contributed by atoms with van der Waals surface area (Å²) in [6.07, 6.45) is 0. The Morgan fingerprint density at radius 2 is 0.636 bits per heavy atom. The zero-order valence-corrected chi connectivity index (χ0v) is 16.6. The van der Waals surface area contributed by atoms with Gasteiger partial charge in [0.15, 0.2) is 17.5 Å². The lowest BCUT2D eigenvalue weighted by atomic mass is 10.1. The van der Waals surface area contributed by atoms with Gasteiger partial charge in [-0.3, -0.25) is 30.3 Å². The van der Waals surface area contributed by atoms with Crippen molar-refractivity contribution in [3.05, 3.63) is 103 Å². The first-order valence-electron chi connectivity index (χ1n) is 9.32. The van der Waals surface area contributed by atoms with Crippen LogP contribution >= 0.6 is 0 Å². The van der Waals surface area contributed by atoms with E-state index in [0.29, 0.717) is 16.7 Å². The molecule has 0 saturated carbocycles. The average molecular weight is 444 g/mol. The fourth-order valence-electron chi connectivity index (χ4n) is 2.96. The monoisotopic (exact) mass is 444 g/mol. The summed E-state index contributed by atoms with van der Waals surface area (Å²) in [6.45, 7) is 0. The van der Waals surface area contributed by atoms with Crippen LogP contribution in [-0.2, 0) is 0 Å². The van der Waals surface area contributed by atoms with Crippen molar-refractivity contribution in [2.24, 2.45) is 0 Å². The molecule has 0 aliphatic heterocycles. The third kappa shape index (κ3) is 4.49. The van der Waals surface area contributed by atoms with Crippen LogP contribution in [0.2, 0.25) is 0 Å². The van der Waals surface area contributed by atoms with E-state index in [4.69, 9.17) is 0 Å². The van der Waals surface area contributed by atoms with Crippen LogP contribution in [0.3, 0.4) is 0 Å². The fourth-order valence-corrected chi connectivity index (χ4v) is 2.96. The van der Waals surface area contributed by atoms with Crippen LogP contribution in [0.1, 0.15) is 0 Å². The maximum atomic E-state index is 10.9. The number of nitrogens with zero attached hydrogens (tertiary/aromatic N) is 6. The number of benzene rings is 3. The highest BCUT2D eigenvalue weighted by atomic mass is 16.6. The Balaban J connectivity index is 1.84. The Bertz CT molecular complexity index is 1190. The first kappa shape index (κ1) is 21.1. The molecule has 4 aromatic rings. The van der Waals surface area contributed by atoms with E-state index in [2.05, 4.69) is 15.0 Å². The first-order valence-corrected chi connectivity index (χ1v) is 9.32. The second-order valence-electron chi connectivity index (χ2n) is 6.72. The summed E-state index contributed by atoms with van der Waals surface area (Å²) in [5.74, 6) is 0.629. The zero-order valence-electron chi connectivity index (χ0n) is 16.6. The minimum absolute atomic E-state index is 0.0982. The molecule has 0 unspecified atom stereocenters. The molecule has 33 heavy (non-hydrogen) atoms. The number of hydrogen-bond donors (Lipinski definition) is 0. The second-order valence-corrected chi connectivity index (χ2v) is 6.72. The number of nitro benzene ring substituents is 3. The van der Waals surface area contributed by atoms with Gasteiger partial charge in [0, 0.05) is 53.1 Å². The van der Waals surface area contributed by atoms with Gasteiger partial charge in [-0.05, 0) is 36.4 Å². The van der Waals surface area contributed by atoms with Crippen molar-refractivity contribution >= 4 is 17.1 Å². The number of hydrogen-bond acceptors (Lipinski definition) is 9.